The van der Waals surface area contributed by atoms with E-state index in [0.29, 0.717) is 19.5 Å². The minimum absolute atomic E-state index is 0.179. The fourth-order valence-corrected chi connectivity index (χ4v) is 2.80. The van der Waals surface area contributed by atoms with Crippen LogP contribution in [0.5, 0.6) is 0 Å². The monoisotopic (exact) mass is 364 g/mol. The fourth-order valence-electron chi connectivity index (χ4n) is 2.80. The zero-order valence-electron chi connectivity index (χ0n) is 15.6. The second-order valence-electron chi connectivity index (χ2n) is 6.64. The van der Waals surface area contributed by atoms with Crippen molar-refractivity contribution in [1.82, 2.24) is 10.4 Å². The number of hydrogen-bond acceptors (Lipinski definition) is 6. The third kappa shape index (κ3) is 6.31. The van der Waals surface area contributed by atoms with Gasteiger partial charge in [-0.3, -0.25) is 4.79 Å². The largest absolute Gasteiger partial charge is 0.462 e. The number of carbonyl (C=O) groups excluding carboxylic acids is 2. The van der Waals surface area contributed by atoms with Gasteiger partial charge in [0.25, 0.3) is 0 Å². The lowest BCUT2D eigenvalue weighted by molar-refractivity contribution is -0.153. The van der Waals surface area contributed by atoms with Gasteiger partial charge >= 0.3 is 12.1 Å². The first-order valence-electron chi connectivity index (χ1n) is 8.98. The van der Waals surface area contributed by atoms with Gasteiger partial charge in [-0.2, -0.15) is 0 Å². The number of ether oxygens (including phenoxy) is 2. The molecule has 144 valence electrons. The number of nitrogens with one attached hydrogen (secondary N) is 1. The van der Waals surface area contributed by atoms with E-state index < -0.39 is 18.1 Å². The molecule has 1 N–H and O–H groups in total. The molecule has 7 nitrogen and oxygen atoms in total. The number of piperidine rings is 1. The van der Waals surface area contributed by atoms with Crippen molar-refractivity contribution in [2.45, 2.75) is 51.4 Å². The highest BCUT2D eigenvalue weighted by Gasteiger charge is 2.27. The maximum atomic E-state index is 12.3. The van der Waals surface area contributed by atoms with Crippen molar-refractivity contribution in [3.63, 3.8) is 0 Å². The van der Waals surface area contributed by atoms with Crippen LogP contribution in [0.2, 0.25) is 0 Å². The van der Waals surface area contributed by atoms with E-state index in [4.69, 9.17) is 14.3 Å². The van der Waals surface area contributed by atoms with Crippen LogP contribution in [0, 0.1) is 0 Å². The smallest absolute Gasteiger partial charge is 0.428 e. The zero-order chi connectivity index (χ0) is 18.9. The molecule has 1 aromatic carbocycles. The Morgan fingerprint density at radius 2 is 1.85 bits per heavy atom. The predicted octanol–water partition coefficient (Wildman–Crippen LogP) is 2.30. The number of hydroxylamine groups is 1. The number of hydrogen-bond donors (Lipinski definition) is 1. The summed E-state index contributed by atoms with van der Waals surface area (Å²) in [6, 6.07) is 8.75. The number of esters is 1. The van der Waals surface area contributed by atoms with E-state index in [9.17, 15) is 9.59 Å². The molecule has 0 spiro atoms. The molecular formula is C19H28N2O5. The Kier molecular flexibility index (Phi) is 7.87. The normalized spacial score (nSPS) is 16.4. The fraction of sp³-hybridized carbons (Fsp3) is 0.579. The Bertz CT molecular complexity index is 571. The van der Waals surface area contributed by atoms with Gasteiger partial charge in [0.15, 0.2) is 0 Å². The molecule has 1 amide bonds. The van der Waals surface area contributed by atoms with Crippen LogP contribution in [0.4, 0.5) is 4.79 Å². The van der Waals surface area contributed by atoms with Gasteiger partial charge in [-0.1, -0.05) is 30.3 Å². The molecule has 0 bridgehead atoms. The lowest BCUT2D eigenvalue weighted by atomic mass is 10.1. The highest BCUT2D eigenvalue weighted by Crippen LogP contribution is 2.13. The molecule has 0 unspecified atom stereocenters. The van der Waals surface area contributed by atoms with E-state index in [1.54, 1.807) is 25.9 Å². The minimum Gasteiger partial charge on any atom is -0.462 e. The molecular weight excluding hydrogens is 336 g/mol. The second kappa shape index (κ2) is 10.1. The van der Waals surface area contributed by atoms with Crippen molar-refractivity contribution in [2.75, 3.05) is 20.2 Å². The summed E-state index contributed by atoms with van der Waals surface area (Å²) in [4.78, 5) is 31.4. The van der Waals surface area contributed by atoms with Gasteiger partial charge < -0.3 is 19.2 Å². The van der Waals surface area contributed by atoms with Gasteiger partial charge in [0.2, 0.25) is 0 Å². The molecule has 0 saturated carbocycles. The molecule has 0 radical (unpaired) electrons. The molecule has 1 fully saturated rings. The number of methoxy groups -OCH3 is 1. The standard InChI is InChI=1S/C19H28N2O5/c1-14(2)25-18(22)17(13-15-7-5-4-6-8-15)20-26-19(23)21-11-9-16(24-3)10-12-21/h4-8,14,16-17,20H,9-13H2,1-3H3/t17-/m0/s1. The van der Waals surface area contributed by atoms with Gasteiger partial charge in [0.05, 0.1) is 12.2 Å². The summed E-state index contributed by atoms with van der Waals surface area (Å²) in [5.41, 5.74) is 3.55. The summed E-state index contributed by atoms with van der Waals surface area (Å²) in [6.45, 7) is 4.70. The highest BCUT2D eigenvalue weighted by molar-refractivity contribution is 5.76. The van der Waals surface area contributed by atoms with Crippen LogP contribution in [0.15, 0.2) is 30.3 Å². The molecule has 1 heterocycles. The SMILES string of the molecule is COC1CCN(C(=O)ON[C@@H](Cc2ccccc2)C(=O)OC(C)C)CC1. The number of likely N-dealkylation sites (tertiary alicyclic amines) is 1. The molecule has 7 heteroatoms. The van der Waals surface area contributed by atoms with Crippen molar-refractivity contribution in [1.29, 1.82) is 0 Å². The van der Waals surface area contributed by atoms with Gasteiger partial charge in [0.1, 0.15) is 6.04 Å². The second-order valence-corrected chi connectivity index (χ2v) is 6.64. The maximum Gasteiger partial charge on any atom is 0.428 e. The average molecular weight is 364 g/mol. The van der Waals surface area contributed by atoms with Crippen LogP contribution < -0.4 is 5.48 Å². The number of carbonyl (C=O) groups is 2. The van der Waals surface area contributed by atoms with Crippen molar-refractivity contribution in [3.05, 3.63) is 35.9 Å². The minimum atomic E-state index is -0.764. The topological polar surface area (TPSA) is 77.1 Å². The molecule has 1 saturated heterocycles. The number of nitrogens with zero attached hydrogens (tertiary/aromatic N) is 1. The zero-order valence-corrected chi connectivity index (χ0v) is 15.6. The molecule has 1 aliphatic rings. The lowest BCUT2D eigenvalue weighted by Crippen LogP contribution is -2.47. The first-order valence-corrected chi connectivity index (χ1v) is 8.98. The Morgan fingerprint density at radius 1 is 1.19 bits per heavy atom. The van der Waals surface area contributed by atoms with Crippen molar-refractivity contribution < 1.29 is 23.9 Å². The number of amides is 1. The molecule has 26 heavy (non-hydrogen) atoms. The van der Waals surface area contributed by atoms with E-state index >= 15 is 0 Å². The van der Waals surface area contributed by atoms with Crippen molar-refractivity contribution in [2.24, 2.45) is 0 Å². The molecule has 2 rings (SSSR count). The molecule has 0 aromatic heterocycles. The van der Waals surface area contributed by atoms with E-state index in [0.717, 1.165) is 18.4 Å². The predicted molar refractivity (Wildman–Crippen MR) is 96.4 cm³/mol. The summed E-state index contributed by atoms with van der Waals surface area (Å²) < 4.78 is 10.6. The number of benzene rings is 1. The van der Waals surface area contributed by atoms with Gasteiger partial charge in [-0.05, 0) is 32.3 Å². The van der Waals surface area contributed by atoms with Crippen LogP contribution in [-0.2, 0) is 25.5 Å². The van der Waals surface area contributed by atoms with Gasteiger partial charge in [-0.15, -0.1) is 5.48 Å². The Balaban J connectivity index is 1.91. The van der Waals surface area contributed by atoms with E-state index in [-0.39, 0.29) is 12.2 Å². The molecule has 1 aliphatic heterocycles. The number of rotatable bonds is 7. The summed E-state index contributed by atoms with van der Waals surface area (Å²) in [6.07, 6.45) is 1.36. The summed E-state index contributed by atoms with van der Waals surface area (Å²) in [7, 11) is 1.68. The maximum absolute atomic E-state index is 12.3. The molecule has 1 aromatic rings. The summed E-state index contributed by atoms with van der Waals surface area (Å²) in [5, 5.41) is 0. The third-order valence-corrected chi connectivity index (χ3v) is 4.24. The summed E-state index contributed by atoms with van der Waals surface area (Å²) in [5.74, 6) is -0.449. The van der Waals surface area contributed by atoms with E-state index in [1.165, 1.54) is 0 Å². The quantitative estimate of drug-likeness (QED) is 0.591. The van der Waals surface area contributed by atoms with Crippen LogP contribution in [-0.4, -0.2) is 55.4 Å². The van der Waals surface area contributed by atoms with Crippen LogP contribution >= 0.6 is 0 Å². The Labute approximate surface area is 154 Å². The van der Waals surface area contributed by atoms with Crippen LogP contribution in [0.3, 0.4) is 0 Å². The van der Waals surface area contributed by atoms with E-state index in [2.05, 4.69) is 5.48 Å². The van der Waals surface area contributed by atoms with E-state index in [1.807, 2.05) is 30.3 Å². The van der Waals surface area contributed by atoms with Gasteiger partial charge in [-0.25, -0.2) is 4.79 Å². The highest BCUT2D eigenvalue weighted by atomic mass is 16.7. The summed E-state index contributed by atoms with van der Waals surface area (Å²) >= 11 is 0. The first-order chi connectivity index (χ1) is 12.5. The third-order valence-electron chi connectivity index (χ3n) is 4.24. The van der Waals surface area contributed by atoms with Crippen molar-refractivity contribution in [3.8, 4) is 0 Å². The Hall–Kier alpha value is -2.12. The first kappa shape index (κ1) is 20.2. The van der Waals surface area contributed by atoms with Gasteiger partial charge in [0, 0.05) is 26.6 Å². The average Bonchev–Trinajstić information content (AvgIpc) is 2.65. The van der Waals surface area contributed by atoms with Crippen molar-refractivity contribution >= 4 is 12.1 Å². The Morgan fingerprint density at radius 3 is 2.42 bits per heavy atom. The van der Waals surface area contributed by atoms with Crippen LogP contribution in [0.1, 0.15) is 32.3 Å². The van der Waals surface area contributed by atoms with Crippen LogP contribution in [0.25, 0.3) is 0 Å². The molecule has 0 aliphatic carbocycles. The molecule has 1 atom stereocenters. The lowest BCUT2D eigenvalue weighted by Gasteiger charge is -2.30.